The van der Waals surface area contributed by atoms with Gasteiger partial charge in [-0.25, -0.2) is 4.79 Å². The van der Waals surface area contributed by atoms with Crippen molar-refractivity contribution in [3.05, 3.63) is 58.5 Å². The van der Waals surface area contributed by atoms with Gasteiger partial charge in [0.05, 0.1) is 17.2 Å². The summed E-state index contributed by atoms with van der Waals surface area (Å²) in [6.45, 7) is 3.52. The third-order valence-electron chi connectivity index (χ3n) is 4.52. The Hall–Kier alpha value is -2.53. The first-order valence-electron chi connectivity index (χ1n) is 7.98. The molecule has 1 unspecified atom stereocenters. The number of furan rings is 1. The molecular weight excluding hydrogens is 342 g/mol. The first kappa shape index (κ1) is 16.0. The van der Waals surface area contributed by atoms with Crippen LogP contribution in [-0.2, 0) is 14.3 Å². The predicted molar refractivity (Wildman–Crippen MR) is 91.9 cm³/mol. The van der Waals surface area contributed by atoms with Crippen LogP contribution in [0.4, 0.5) is 0 Å². The van der Waals surface area contributed by atoms with Crippen molar-refractivity contribution in [2.24, 2.45) is 0 Å². The molecule has 0 radical (unpaired) electrons. The molecule has 1 amide bonds. The lowest BCUT2D eigenvalue weighted by atomic mass is 9.86. The highest BCUT2D eigenvalue weighted by molar-refractivity contribution is 6.30. The summed E-state index contributed by atoms with van der Waals surface area (Å²) >= 11 is 6.03. The molecule has 2 aliphatic heterocycles. The van der Waals surface area contributed by atoms with E-state index in [1.54, 1.807) is 32.0 Å². The third-order valence-corrected chi connectivity index (χ3v) is 4.76. The number of hydrogen-bond donors (Lipinski definition) is 1. The molecule has 3 heterocycles. The van der Waals surface area contributed by atoms with Gasteiger partial charge in [0, 0.05) is 17.0 Å². The maximum absolute atomic E-state index is 12.3. The van der Waals surface area contributed by atoms with E-state index in [1.807, 2.05) is 18.2 Å². The highest BCUT2D eigenvalue weighted by Crippen LogP contribution is 2.43. The number of hydrogen-bond acceptors (Lipinski definition) is 4. The largest absolute Gasteiger partial charge is 0.460 e. The Balaban J connectivity index is 1.76. The second kappa shape index (κ2) is 5.49. The van der Waals surface area contributed by atoms with E-state index in [-0.39, 0.29) is 12.3 Å². The maximum atomic E-state index is 12.3. The quantitative estimate of drug-likeness (QED) is 0.830. The number of cyclic esters (lactones) is 1. The fraction of sp³-hybridized carbons (Fsp3) is 0.263. The molecule has 25 heavy (non-hydrogen) atoms. The molecular formula is C19H16ClNO4. The van der Waals surface area contributed by atoms with Gasteiger partial charge in [0.2, 0.25) is 5.91 Å². The van der Waals surface area contributed by atoms with E-state index in [0.717, 1.165) is 5.56 Å². The molecule has 0 aliphatic carbocycles. The smallest absolute Gasteiger partial charge is 0.337 e. The van der Waals surface area contributed by atoms with Crippen molar-refractivity contribution < 1.29 is 18.7 Å². The van der Waals surface area contributed by atoms with Gasteiger partial charge in [0.15, 0.2) is 0 Å². The summed E-state index contributed by atoms with van der Waals surface area (Å²) in [6, 6.07) is 10.9. The van der Waals surface area contributed by atoms with Crippen molar-refractivity contribution in [2.75, 3.05) is 0 Å². The second-order valence-corrected chi connectivity index (χ2v) is 7.14. The first-order chi connectivity index (χ1) is 11.8. The minimum atomic E-state index is -0.844. The van der Waals surface area contributed by atoms with Crippen molar-refractivity contribution in [2.45, 2.75) is 31.8 Å². The van der Waals surface area contributed by atoms with Crippen LogP contribution >= 0.6 is 11.6 Å². The zero-order chi connectivity index (χ0) is 17.8. The van der Waals surface area contributed by atoms with Crippen LogP contribution in [0.5, 0.6) is 0 Å². The number of carbonyl (C=O) groups excluding carboxylic acids is 2. The molecule has 0 spiro atoms. The lowest BCUT2D eigenvalue weighted by Crippen LogP contribution is -2.38. The van der Waals surface area contributed by atoms with Crippen molar-refractivity contribution in [1.29, 1.82) is 0 Å². The standard InChI is InChI=1S/C19H16ClNO4/c1-19(2)17-16(18(23)25-19)12(9-15(22)21-17)14-7-6-13(24-14)10-4-3-5-11(20)8-10/h3-8,12H,9H2,1-2H3,(H,21,22). The minimum absolute atomic E-state index is 0.145. The van der Waals surface area contributed by atoms with Gasteiger partial charge in [-0.15, -0.1) is 0 Å². The summed E-state index contributed by atoms with van der Waals surface area (Å²) in [7, 11) is 0. The van der Waals surface area contributed by atoms with E-state index in [4.69, 9.17) is 20.8 Å². The van der Waals surface area contributed by atoms with E-state index in [1.165, 1.54) is 0 Å². The maximum Gasteiger partial charge on any atom is 0.337 e. The van der Waals surface area contributed by atoms with Crippen LogP contribution in [0.1, 0.15) is 31.9 Å². The van der Waals surface area contributed by atoms with Crippen molar-refractivity contribution in [3.8, 4) is 11.3 Å². The zero-order valence-corrected chi connectivity index (χ0v) is 14.5. The van der Waals surface area contributed by atoms with Gasteiger partial charge in [0.1, 0.15) is 17.1 Å². The van der Waals surface area contributed by atoms with Crippen LogP contribution in [0.25, 0.3) is 11.3 Å². The summed E-state index contributed by atoms with van der Waals surface area (Å²) in [5.41, 5.74) is 0.988. The van der Waals surface area contributed by atoms with E-state index >= 15 is 0 Å². The molecule has 2 aromatic rings. The molecule has 1 aromatic heterocycles. The molecule has 5 nitrogen and oxygen atoms in total. The molecule has 0 fully saturated rings. The topological polar surface area (TPSA) is 68.5 Å². The van der Waals surface area contributed by atoms with Gasteiger partial charge < -0.3 is 14.5 Å². The molecule has 0 saturated heterocycles. The summed E-state index contributed by atoms with van der Waals surface area (Å²) in [6.07, 6.45) is 0.145. The summed E-state index contributed by atoms with van der Waals surface area (Å²) in [5.74, 6) is 0.177. The predicted octanol–water partition coefficient (Wildman–Crippen LogP) is 3.79. The molecule has 6 heteroatoms. The minimum Gasteiger partial charge on any atom is -0.460 e. The van der Waals surface area contributed by atoms with Crippen molar-refractivity contribution >= 4 is 23.5 Å². The average Bonchev–Trinajstić information content (AvgIpc) is 3.11. The molecule has 1 N–H and O–H groups in total. The van der Waals surface area contributed by atoms with Crippen LogP contribution in [0.3, 0.4) is 0 Å². The Bertz CT molecular complexity index is 925. The van der Waals surface area contributed by atoms with Gasteiger partial charge in [0.25, 0.3) is 0 Å². The fourth-order valence-corrected chi connectivity index (χ4v) is 3.55. The number of nitrogens with one attached hydrogen (secondary N) is 1. The Labute approximate surface area is 149 Å². The number of rotatable bonds is 2. The molecule has 0 saturated carbocycles. The molecule has 1 atom stereocenters. The van der Waals surface area contributed by atoms with E-state index < -0.39 is 17.5 Å². The fourth-order valence-electron chi connectivity index (χ4n) is 3.36. The van der Waals surface area contributed by atoms with Crippen LogP contribution in [-0.4, -0.2) is 17.5 Å². The summed E-state index contributed by atoms with van der Waals surface area (Å²) < 4.78 is 11.4. The highest BCUT2D eigenvalue weighted by atomic mass is 35.5. The number of esters is 1. The number of carbonyl (C=O) groups is 2. The lowest BCUT2D eigenvalue weighted by Gasteiger charge is -2.26. The monoisotopic (exact) mass is 357 g/mol. The van der Waals surface area contributed by atoms with Gasteiger partial charge in [-0.2, -0.15) is 0 Å². The Kier molecular flexibility index (Phi) is 3.51. The highest BCUT2D eigenvalue weighted by Gasteiger charge is 2.48. The van der Waals surface area contributed by atoms with Crippen LogP contribution in [0, 0.1) is 0 Å². The van der Waals surface area contributed by atoms with E-state index in [0.29, 0.717) is 27.8 Å². The molecule has 128 valence electrons. The average molecular weight is 358 g/mol. The van der Waals surface area contributed by atoms with E-state index in [2.05, 4.69) is 5.32 Å². The Morgan fingerprint density at radius 1 is 1.20 bits per heavy atom. The number of benzene rings is 1. The zero-order valence-electron chi connectivity index (χ0n) is 13.8. The van der Waals surface area contributed by atoms with E-state index in [9.17, 15) is 9.59 Å². The Morgan fingerprint density at radius 2 is 2.00 bits per heavy atom. The molecule has 4 rings (SSSR count). The molecule has 1 aromatic carbocycles. The molecule has 0 bridgehead atoms. The number of ether oxygens (including phenoxy) is 1. The SMILES string of the molecule is CC1(C)OC(=O)C2=C1NC(=O)CC2c1ccc(-c2cccc(Cl)c2)o1. The number of amides is 1. The lowest BCUT2D eigenvalue weighted by molar-refractivity contribution is -0.144. The van der Waals surface area contributed by atoms with Crippen molar-refractivity contribution in [3.63, 3.8) is 0 Å². The van der Waals surface area contributed by atoms with Gasteiger partial charge >= 0.3 is 5.97 Å². The van der Waals surface area contributed by atoms with Crippen molar-refractivity contribution in [1.82, 2.24) is 5.32 Å². The van der Waals surface area contributed by atoms with Gasteiger partial charge in [-0.05, 0) is 38.1 Å². The second-order valence-electron chi connectivity index (χ2n) is 6.71. The summed E-state index contributed by atoms with van der Waals surface area (Å²) in [4.78, 5) is 24.5. The van der Waals surface area contributed by atoms with Crippen LogP contribution in [0.2, 0.25) is 5.02 Å². The van der Waals surface area contributed by atoms with Gasteiger partial charge in [-0.3, -0.25) is 4.79 Å². The normalized spacial score (nSPS) is 21.8. The molecule has 2 aliphatic rings. The number of halogens is 1. The van der Waals surface area contributed by atoms with Crippen LogP contribution in [0.15, 0.2) is 52.1 Å². The van der Waals surface area contributed by atoms with Gasteiger partial charge in [-0.1, -0.05) is 23.7 Å². The third kappa shape index (κ3) is 2.65. The summed E-state index contributed by atoms with van der Waals surface area (Å²) in [5, 5.41) is 3.39. The first-order valence-corrected chi connectivity index (χ1v) is 8.36. The Morgan fingerprint density at radius 3 is 2.76 bits per heavy atom. The van der Waals surface area contributed by atoms with Crippen LogP contribution < -0.4 is 5.32 Å².